The minimum atomic E-state index is -3.92. The van der Waals surface area contributed by atoms with Crippen LogP contribution in [-0.2, 0) is 23.0 Å². The summed E-state index contributed by atoms with van der Waals surface area (Å²) in [7, 11) is -3.92. The summed E-state index contributed by atoms with van der Waals surface area (Å²) in [6.07, 6.45) is 7.52. The average molecular weight is 643 g/mol. The number of fused-ring (bicyclic) bond motifs is 5. The highest BCUT2D eigenvalue weighted by atomic mass is 35.5. The highest BCUT2D eigenvalue weighted by Gasteiger charge is 2.45. The first kappa shape index (κ1) is 31.4. The van der Waals surface area contributed by atoms with Gasteiger partial charge in [-0.05, 0) is 116 Å². The number of sulfonamides is 1. The summed E-state index contributed by atoms with van der Waals surface area (Å²) in [6, 6.07) is 8.69. The molecule has 44 heavy (non-hydrogen) atoms. The number of nitrogens with one attached hydrogen (secondary N) is 1. The third-order valence-corrected chi connectivity index (χ3v) is 13.0. The first-order valence-electron chi connectivity index (χ1n) is 16.2. The van der Waals surface area contributed by atoms with Crippen LogP contribution in [0.4, 0.5) is 10.1 Å². The van der Waals surface area contributed by atoms with Gasteiger partial charge in [0.05, 0.1) is 22.6 Å². The van der Waals surface area contributed by atoms with Crippen molar-refractivity contribution in [2.75, 3.05) is 18.1 Å². The van der Waals surface area contributed by atoms with Gasteiger partial charge in [-0.25, -0.2) is 17.5 Å². The molecule has 1 N–H and O–H groups in total. The summed E-state index contributed by atoms with van der Waals surface area (Å²) in [5, 5.41) is -0.604. The van der Waals surface area contributed by atoms with Crippen molar-refractivity contribution in [2.24, 2.45) is 35.5 Å². The molecular weight excluding hydrogens is 599 g/mol. The summed E-state index contributed by atoms with van der Waals surface area (Å²) in [6.45, 7) is 9.87. The lowest BCUT2D eigenvalue weighted by Crippen LogP contribution is -2.46. The molecule has 2 aromatic carbocycles. The molecule has 4 bridgehead atoms. The standard InChI is InChI=1S/C35H44ClFN2O4S/c1-20(2)33-27-15-26(16-27)21(3)22(4)44(41,42)38-35(40)23-10-13-32-31(17-23)39(18-24-8-11-28(24)33)19-25-9-12-30(36)34(37)29(25)7-5-6-14-43-32/h9-10,12-13,15,17,20-22,24,26,28,33H,5-8,11,14,16,18-19H2,1-4H3,(H,38,40)/t21-,22-,24+,26+,28-,33-/m1/s1. The van der Waals surface area contributed by atoms with Crippen molar-refractivity contribution in [3.8, 4) is 5.75 Å². The third kappa shape index (κ3) is 5.89. The number of anilines is 1. The van der Waals surface area contributed by atoms with Crippen molar-refractivity contribution in [2.45, 2.75) is 78.0 Å². The van der Waals surface area contributed by atoms with Crippen LogP contribution in [-0.4, -0.2) is 32.7 Å². The highest BCUT2D eigenvalue weighted by molar-refractivity contribution is 7.90. The summed E-state index contributed by atoms with van der Waals surface area (Å²) < 4.78 is 50.9. The molecule has 1 fully saturated rings. The molecular formula is C35H44ClFN2O4S. The Morgan fingerprint density at radius 2 is 1.89 bits per heavy atom. The summed E-state index contributed by atoms with van der Waals surface area (Å²) in [5.41, 5.74) is 3.92. The van der Waals surface area contributed by atoms with Crippen LogP contribution in [0.25, 0.3) is 0 Å². The Bertz CT molecular complexity index is 1570. The number of rotatable bonds is 1. The van der Waals surface area contributed by atoms with E-state index >= 15 is 4.39 Å². The Labute approximate surface area is 266 Å². The van der Waals surface area contributed by atoms with Crippen molar-refractivity contribution in [1.29, 1.82) is 0 Å². The predicted molar refractivity (Wildman–Crippen MR) is 173 cm³/mol. The molecule has 238 valence electrons. The third-order valence-electron chi connectivity index (χ3n) is 10.9. The van der Waals surface area contributed by atoms with E-state index in [1.165, 1.54) is 5.57 Å². The molecule has 0 unspecified atom stereocenters. The second-order valence-electron chi connectivity index (χ2n) is 13.8. The lowest BCUT2D eigenvalue weighted by Gasteiger charge is -2.49. The molecule has 0 saturated heterocycles. The molecule has 3 aliphatic heterocycles. The van der Waals surface area contributed by atoms with E-state index in [2.05, 4.69) is 29.5 Å². The van der Waals surface area contributed by atoms with Crippen LogP contribution in [0.15, 0.2) is 42.0 Å². The van der Waals surface area contributed by atoms with E-state index in [4.69, 9.17) is 16.3 Å². The van der Waals surface area contributed by atoms with Crippen molar-refractivity contribution < 1.29 is 22.3 Å². The number of carbonyl (C=O) groups excluding carboxylic acids is 1. The minimum absolute atomic E-state index is 0.118. The summed E-state index contributed by atoms with van der Waals surface area (Å²) in [4.78, 5) is 15.7. The van der Waals surface area contributed by atoms with Gasteiger partial charge in [-0.3, -0.25) is 4.79 Å². The maximum Gasteiger partial charge on any atom is 0.264 e. The zero-order valence-corrected chi connectivity index (χ0v) is 27.7. The van der Waals surface area contributed by atoms with E-state index in [1.54, 1.807) is 31.2 Å². The molecule has 2 aliphatic carbocycles. The lowest BCUT2D eigenvalue weighted by atomic mass is 9.58. The topological polar surface area (TPSA) is 75.7 Å². The molecule has 2 aromatic rings. The first-order chi connectivity index (χ1) is 20.9. The van der Waals surface area contributed by atoms with Crippen LogP contribution < -0.4 is 14.4 Å². The maximum absolute atomic E-state index is 15.4. The monoisotopic (exact) mass is 642 g/mol. The Morgan fingerprint density at radius 3 is 2.59 bits per heavy atom. The van der Waals surface area contributed by atoms with Crippen LogP contribution in [0.3, 0.4) is 0 Å². The van der Waals surface area contributed by atoms with Crippen molar-refractivity contribution in [3.63, 3.8) is 0 Å². The van der Waals surface area contributed by atoms with E-state index in [0.29, 0.717) is 54.6 Å². The van der Waals surface area contributed by atoms with Gasteiger partial charge in [0.15, 0.2) is 0 Å². The molecule has 1 amide bonds. The summed E-state index contributed by atoms with van der Waals surface area (Å²) in [5.74, 6) is 1.50. The Kier molecular flexibility index (Phi) is 8.79. The minimum Gasteiger partial charge on any atom is -0.491 e. The summed E-state index contributed by atoms with van der Waals surface area (Å²) >= 11 is 6.24. The van der Waals surface area contributed by atoms with Crippen LogP contribution in [0.2, 0.25) is 5.02 Å². The van der Waals surface area contributed by atoms with Gasteiger partial charge in [0.1, 0.15) is 11.6 Å². The van der Waals surface area contributed by atoms with Crippen LogP contribution in [0.1, 0.15) is 81.3 Å². The molecule has 1 saturated carbocycles. The number of hydrogen-bond donors (Lipinski definition) is 1. The first-order valence-corrected chi connectivity index (χ1v) is 18.1. The smallest absolute Gasteiger partial charge is 0.264 e. The van der Waals surface area contributed by atoms with E-state index in [9.17, 15) is 13.2 Å². The lowest BCUT2D eigenvalue weighted by molar-refractivity contribution is 0.0913. The van der Waals surface area contributed by atoms with Gasteiger partial charge >= 0.3 is 0 Å². The second-order valence-corrected chi connectivity index (χ2v) is 16.2. The quantitative estimate of drug-likeness (QED) is 0.325. The van der Waals surface area contributed by atoms with Crippen molar-refractivity contribution in [3.05, 3.63) is 69.5 Å². The number of carbonyl (C=O) groups is 1. The molecule has 9 heteroatoms. The number of nitrogens with zero attached hydrogens (tertiary/aromatic N) is 1. The molecule has 5 aliphatic rings. The Balaban J connectivity index is 1.48. The SMILES string of the molecule is CC(C)[C@@H]1C2=C[C@@H](C2)[C@H](C)[C@@H](C)S(=O)(=O)NC(=O)c2ccc3c(c2)N(Cc2ccc(Cl)c(F)c2CCCCO3)C[C@@H]2CC[C@H]21. The van der Waals surface area contributed by atoms with Gasteiger partial charge in [-0.1, -0.05) is 50.1 Å². The normalized spacial score (nSPS) is 30.3. The Hall–Kier alpha value is -2.58. The molecule has 7 rings (SSSR count). The maximum atomic E-state index is 15.4. The largest absolute Gasteiger partial charge is 0.491 e. The fourth-order valence-corrected chi connectivity index (χ4v) is 9.41. The van der Waals surface area contributed by atoms with Gasteiger partial charge in [-0.15, -0.1) is 0 Å². The van der Waals surface area contributed by atoms with Crippen LogP contribution in [0, 0.1) is 41.3 Å². The van der Waals surface area contributed by atoms with E-state index in [1.807, 2.05) is 13.0 Å². The van der Waals surface area contributed by atoms with Crippen LogP contribution >= 0.6 is 11.6 Å². The van der Waals surface area contributed by atoms with Gasteiger partial charge in [0.2, 0.25) is 10.0 Å². The molecule has 6 atom stereocenters. The number of allylic oxidation sites excluding steroid dienone is 2. The number of amides is 1. The number of hydrogen-bond acceptors (Lipinski definition) is 5. The van der Waals surface area contributed by atoms with Crippen LogP contribution in [0.5, 0.6) is 5.75 Å². The van der Waals surface area contributed by atoms with Gasteiger partial charge in [-0.2, -0.15) is 0 Å². The number of benzene rings is 2. The number of halogens is 2. The highest BCUT2D eigenvalue weighted by Crippen LogP contribution is 2.51. The average Bonchev–Trinajstić information content (AvgIpc) is 2.97. The van der Waals surface area contributed by atoms with Crippen molar-refractivity contribution in [1.82, 2.24) is 4.72 Å². The molecule has 6 nitrogen and oxygen atoms in total. The fourth-order valence-electron chi connectivity index (χ4n) is 7.90. The Morgan fingerprint density at radius 1 is 1.11 bits per heavy atom. The molecule has 0 radical (unpaired) electrons. The van der Waals surface area contributed by atoms with E-state index < -0.39 is 21.2 Å². The fraction of sp³-hybridized carbons (Fsp3) is 0.571. The number of ether oxygens (including phenoxy) is 1. The molecule has 3 heterocycles. The molecule has 0 spiro atoms. The van der Waals surface area contributed by atoms with Gasteiger partial charge in [0.25, 0.3) is 5.91 Å². The second kappa shape index (κ2) is 12.3. The zero-order chi connectivity index (χ0) is 31.3. The predicted octanol–water partition coefficient (Wildman–Crippen LogP) is 7.54. The zero-order valence-electron chi connectivity index (χ0n) is 26.1. The van der Waals surface area contributed by atoms with Gasteiger partial charge in [0, 0.05) is 18.7 Å². The van der Waals surface area contributed by atoms with Gasteiger partial charge < -0.3 is 9.64 Å². The molecule has 0 aromatic heterocycles. The van der Waals surface area contributed by atoms with E-state index in [-0.39, 0.29) is 28.2 Å². The van der Waals surface area contributed by atoms with E-state index in [0.717, 1.165) is 49.9 Å². The van der Waals surface area contributed by atoms with Crippen molar-refractivity contribution >= 4 is 33.2 Å².